The summed E-state index contributed by atoms with van der Waals surface area (Å²) >= 11 is 0. The molecule has 0 saturated carbocycles. The van der Waals surface area contributed by atoms with E-state index < -0.39 is 0 Å². The van der Waals surface area contributed by atoms with E-state index >= 15 is 0 Å². The normalized spacial score (nSPS) is 17.2. The first-order chi connectivity index (χ1) is 13.2. The molecule has 1 N–H and O–H groups in total. The number of benzene rings is 2. The Morgan fingerprint density at radius 3 is 2.59 bits per heavy atom. The number of carbonyl (C=O) groups excluding carboxylic acids is 1. The molecule has 5 heteroatoms. The van der Waals surface area contributed by atoms with Crippen molar-refractivity contribution in [1.82, 2.24) is 4.90 Å². The van der Waals surface area contributed by atoms with E-state index in [1.807, 2.05) is 60.4 Å². The molecule has 0 saturated heterocycles. The zero-order chi connectivity index (χ0) is 19.2. The van der Waals surface area contributed by atoms with Crippen molar-refractivity contribution in [2.24, 2.45) is 0 Å². The fraction of sp³-hybridized carbons (Fsp3) is 0.409. The van der Waals surface area contributed by atoms with Crippen molar-refractivity contribution < 1.29 is 14.3 Å². The van der Waals surface area contributed by atoms with Crippen molar-refractivity contribution in [3.63, 3.8) is 0 Å². The zero-order valence-corrected chi connectivity index (χ0v) is 16.3. The van der Waals surface area contributed by atoms with E-state index in [9.17, 15) is 4.79 Å². The molecule has 1 heterocycles. The summed E-state index contributed by atoms with van der Waals surface area (Å²) in [6.45, 7) is 7.83. The van der Waals surface area contributed by atoms with Crippen LogP contribution in [0.5, 0.6) is 5.75 Å². The standard InChI is InChI=1S/C22H28N2O3/c1-4-16(3)24-21(23-19-12-8-6-10-17(19)22(24)25)18-11-7-9-13-20(18)27-15-14-26-5-2/h6-13,16,21,23H,4-5,14-15H2,1-3H3. The van der Waals surface area contributed by atoms with Crippen LogP contribution in [0.25, 0.3) is 0 Å². The van der Waals surface area contributed by atoms with Gasteiger partial charge in [-0.2, -0.15) is 0 Å². The van der Waals surface area contributed by atoms with Crippen LogP contribution in [-0.2, 0) is 4.74 Å². The van der Waals surface area contributed by atoms with E-state index in [1.54, 1.807) is 0 Å². The molecule has 0 aliphatic carbocycles. The Morgan fingerprint density at radius 2 is 1.81 bits per heavy atom. The van der Waals surface area contributed by atoms with Crippen molar-refractivity contribution in [2.45, 2.75) is 39.4 Å². The van der Waals surface area contributed by atoms with Gasteiger partial charge in [-0.25, -0.2) is 0 Å². The second-order valence-corrected chi connectivity index (χ2v) is 6.65. The predicted molar refractivity (Wildman–Crippen MR) is 107 cm³/mol. The summed E-state index contributed by atoms with van der Waals surface area (Å²) in [5.41, 5.74) is 2.53. The van der Waals surface area contributed by atoms with Gasteiger partial charge in [0.15, 0.2) is 0 Å². The summed E-state index contributed by atoms with van der Waals surface area (Å²) in [5.74, 6) is 0.822. The fourth-order valence-electron chi connectivity index (χ4n) is 3.34. The minimum Gasteiger partial charge on any atom is -0.491 e. The van der Waals surface area contributed by atoms with Crippen molar-refractivity contribution in [2.75, 3.05) is 25.1 Å². The van der Waals surface area contributed by atoms with Gasteiger partial charge in [-0.15, -0.1) is 0 Å². The van der Waals surface area contributed by atoms with Crippen molar-refractivity contribution >= 4 is 11.6 Å². The third-order valence-corrected chi connectivity index (χ3v) is 4.93. The predicted octanol–water partition coefficient (Wildman–Crippen LogP) is 4.47. The molecular formula is C22H28N2O3. The van der Waals surface area contributed by atoms with E-state index in [2.05, 4.69) is 19.2 Å². The van der Waals surface area contributed by atoms with E-state index in [4.69, 9.17) is 9.47 Å². The van der Waals surface area contributed by atoms with E-state index in [1.165, 1.54) is 0 Å². The maximum Gasteiger partial charge on any atom is 0.258 e. The van der Waals surface area contributed by atoms with Gasteiger partial charge in [-0.3, -0.25) is 4.79 Å². The lowest BCUT2D eigenvalue weighted by Gasteiger charge is -2.42. The SMILES string of the molecule is CCOCCOc1ccccc1C1Nc2ccccc2C(=O)N1C(C)CC. The molecule has 2 aromatic rings. The average molecular weight is 368 g/mol. The molecule has 1 amide bonds. The first-order valence-corrected chi connectivity index (χ1v) is 9.65. The molecule has 0 aromatic heterocycles. The van der Waals surface area contributed by atoms with Crippen molar-refractivity contribution in [3.05, 3.63) is 59.7 Å². The second-order valence-electron chi connectivity index (χ2n) is 6.65. The van der Waals surface area contributed by atoms with Gasteiger partial charge in [0.2, 0.25) is 0 Å². The van der Waals surface area contributed by atoms with Crippen LogP contribution < -0.4 is 10.1 Å². The van der Waals surface area contributed by atoms with Gasteiger partial charge in [0, 0.05) is 23.9 Å². The summed E-state index contributed by atoms with van der Waals surface area (Å²) in [4.78, 5) is 15.2. The Bertz CT molecular complexity index is 778. The highest BCUT2D eigenvalue weighted by Crippen LogP contribution is 2.38. The molecule has 3 rings (SSSR count). The van der Waals surface area contributed by atoms with Gasteiger partial charge in [0.25, 0.3) is 5.91 Å². The van der Waals surface area contributed by atoms with E-state index in [0.29, 0.717) is 25.4 Å². The number of fused-ring (bicyclic) bond motifs is 1. The second kappa shape index (κ2) is 8.91. The molecule has 27 heavy (non-hydrogen) atoms. The number of rotatable bonds is 8. The highest BCUT2D eigenvalue weighted by molar-refractivity contribution is 6.02. The van der Waals surface area contributed by atoms with Gasteiger partial charge in [-0.05, 0) is 38.5 Å². The molecule has 0 fully saturated rings. The molecule has 0 bridgehead atoms. The lowest BCUT2D eigenvalue weighted by atomic mass is 10.0. The highest BCUT2D eigenvalue weighted by Gasteiger charge is 2.36. The van der Waals surface area contributed by atoms with Crippen LogP contribution in [0.3, 0.4) is 0 Å². The molecule has 2 aromatic carbocycles. The number of carbonyl (C=O) groups is 1. The van der Waals surface area contributed by atoms with Crippen molar-refractivity contribution in [1.29, 1.82) is 0 Å². The number of amides is 1. The Hall–Kier alpha value is -2.53. The Labute approximate surface area is 161 Å². The summed E-state index contributed by atoms with van der Waals surface area (Å²) in [6, 6.07) is 15.7. The summed E-state index contributed by atoms with van der Waals surface area (Å²) < 4.78 is 11.4. The fourth-order valence-corrected chi connectivity index (χ4v) is 3.34. The van der Waals surface area contributed by atoms with E-state index in [-0.39, 0.29) is 18.1 Å². The minimum absolute atomic E-state index is 0.0489. The third-order valence-electron chi connectivity index (χ3n) is 4.93. The minimum atomic E-state index is -0.273. The molecule has 1 aliphatic heterocycles. The van der Waals surface area contributed by atoms with Crippen LogP contribution in [-0.4, -0.2) is 36.7 Å². The largest absolute Gasteiger partial charge is 0.491 e. The lowest BCUT2D eigenvalue weighted by molar-refractivity contribution is 0.0587. The van der Waals surface area contributed by atoms with Gasteiger partial charge in [0.05, 0.1) is 12.2 Å². The molecule has 0 spiro atoms. The molecule has 5 nitrogen and oxygen atoms in total. The molecular weight excluding hydrogens is 340 g/mol. The quantitative estimate of drug-likeness (QED) is 0.699. The average Bonchev–Trinajstić information content (AvgIpc) is 2.71. The van der Waals surface area contributed by atoms with Gasteiger partial charge in [-0.1, -0.05) is 37.3 Å². The monoisotopic (exact) mass is 368 g/mol. The Morgan fingerprint density at radius 1 is 1.07 bits per heavy atom. The van der Waals surface area contributed by atoms with Crippen LogP contribution in [0.4, 0.5) is 5.69 Å². The van der Waals surface area contributed by atoms with Crippen LogP contribution in [0.2, 0.25) is 0 Å². The number of ether oxygens (including phenoxy) is 2. The first kappa shape index (κ1) is 19.2. The maximum absolute atomic E-state index is 13.2. The lowest BCUT2D eigenvalue weighted by Crippen LogP contribution is -2.47. The van der Waals surface area contributed by atoms with Crippen LogP contribution >= 0.6 is 0 Å². The summed E-state index contributed by atoms with van der Waals surface area (Å²) in [7, 11) is 0. The molecule has 2 unspecified atom stereocenters. The highest BCUT2D eigenvalue weighted by atomic mass is 16.5. The Kier molecular flexibility index (Phi) is 6.35. The Balaban J connectivity index is 1.95. The van der Waals surface area contributed by atoms with Crippen LogP contribution in [0.15, 0.2) is 48.5 Å². The number of anilines is 1. The number of hydrogen-bond donors (Lipinski definition) is 1. The topological polar surface area (TPSA) is 50.8 Å². The van der Waals surface area contributed by atoms with Crippen LogP contribution in [0, 0.1) is 0 Å². The van der Waals surface area contributed by atoms with Gasteiger partial charge >= 0.3 is 0 Å². The number of hydrogen-bond acceptors (Lipinski definition) is 4. The summed E-state index contributed by atoms with van der Waals surface area (Å²) in [5, 5.41) is 3.54. The smallest absolute Gasteiger partial charge is 0.258 e. The number of nitrogens with one attached hydrogen (secondary N) is 1. The molecule has 144 valence electrons. The number of para-hydroxylation sites is 2. The van der Waals surface area contributed by atoms with Gasteiger partial charge in [0.1, 0.15) is 18.5 Å². The zero-order valence-electron chi connectivity index (χ0n) is 16.3. The number of nitrogens with zero attached hydrogens (tertiary/aromatic N) is 1. The van der Waals surface area contributed by atoms with Gasteiger partial charge < -0.3 is 19.7 Å². The van der Waals surface area contributed by atoms with Crippen molar-refractivity contribution in [3.8, 4) is 5.75 Å². The van der Waals surface area contributed by atoms with E-state index in [0.717, 1.165) is 23.4 Å². The maximum atomic E-state index is 13.2. The molecule has 0 radical (unpaired) electrons. The first-order valence-electron chi connectivity index (χ1n) is 9.65. The molecule has 2 atom stereocenters. The van der Waals surface area contributed by atoms with Crippen LogP contribution in [0.1, 0.15) is 49.3 Å². The third kappa shape index (κ3) is 4.08. The molecule has 1 aliphatic rings. The summed E-state index contributed by atoms with van der Waals surface area (Å²) in [6.07, 6.45) is 0.602.